The lowest BCUT2D eigenvalue weighted by molar-refractivity contribution is -0.159. The summed E-state index contributed by atoms with van der Waals surface area (Å²) in [6.45, 7) is 6.85. The molecule has 3 heterocycles. The third-order valence-corrected chi connectivity index (χ3v) is 4.65. The Bertz CT molecular complexity index is 968. The lowest BCUT2D eigenvalue weighted by Gasteiger charge is -2.18. The number of aromatic nitrogens is 4. The Labute approximate surface area is 162 Å². The van der Waals surface area contributed by atoms with Crippen molar-refractivity contribution in [2.24, 2.45) is 5.41 Å². The molecule has 0 aliphatic rings. The van der Waals surface area contributed by atoms with Crippen molar-refractivity contribution in [3.8, 4) is 10.7 Å². The Kier molecular flexibility index (Phi) is 5.28. The molecule has 0 radical (unpaired) electrons. The highest BCUT2D eigenvalue weighted by atomic mass is 32.1. The largest absolute Gasteiger partial charge is 0.471 e. The smallest absolute Gasteiger partial charge is 0.350 e. The number of amides is 1. The van der Waals surface area contributed by atoms with Gasteiger partial charge in [-0.25, -0.2) is 0 Å². The molecular weight excluding hydrogens is 395 g/mol. The molecule has 0 aliphatic carbocycles. The maximum Gasteiger partial charge on any atom is 0.471 e. The van der Waals surface area contributed by atoms with Gasteiger partial charge in [0, 0.05) is 17.6 Å². The average Bonchev–Trinajstić information content (AvgIpc) is 3.31. The van der Waals surface area contributed by atoms with Gasteiger partial charge < -0.3 is 9.84 Å². The van der Waals surface area contributed by atoms with E-state index in [1.165, 1.54) is 22.2 Å². The van der Waals surface area contributed by atoms with Gasteiger partial charge in [-0.15, -0.1) is 11.3 Å². The zero-order chi connectivity index (χ0) is 20.5. The van der Waals surface area contributed by atoms with E-state index in [0.29, 0.717) is 23.7 Å². The van der Waals surface area contributed by atoms with Crippen molar-refractivity contribution in [3.05, 3.63) is 40.9 Å². The minimum Gasteiger partial charge on any atom is -0.350 e. The van der Waals surface area contributed by atoms with Crippen molar-refractivity contribution in [1.82, 2.24) is 25.2 Å². The summed E-state index contributed by atoms with van der Waals surface area (Å²) in [5.74, 6) is -1.76. The molecule has 3 rings (SSSR count). The van der Waals surface area contributed by atoms with E-state index in [-0.39, 0.29) is 17.1 Å². The number of hydrogen-bond donors (Lipinski definition) is 1. The third kappa shape index (κ3) is 4.77. The number of halogens is 3. The molecule has 0 spiro atoms. The first kappa shape index (κ1) is 20.1. The van der Waals surface area contributed by atoms with Crippen molar-refractivity contribution in [2.75, 3.05) is 6.54 Å². The number of nitrogens with zero attached hydrogens (tertiary/aromatic N) is 4. The van der Waals surface area contributed by atoms with Gasteiger partial charge in [0.2, 0.25) is 5.82 Å². The number of hydrogen-bond acceptors (Lipinski definition) is 6. The van der Waals surface area contributed by atoms with E-state index < -0.39 is 12.1 Å². The molecule has 1 N–H and O–H groups in total. The fraction of sp³-hybridized carbons (Fsp3) is 0.412. The van der Waals surface area contributed by atoms with Gasteiger partial charge in [-0.3, -0.25) is 9.48 Å². The van der Waals surface area contributed by atoms with Crippen molar-refractivity contribution in [3.63, 3.8) is 0 Å². The molecule has 150 valence electrons. The summed E-state index contributed by atoms with van der Waals surface area (Å²) >= 11 is 1.20. The topological polar surface area (TPSA) is 85.8 Å². The van der Waals surface area contributed by atoms with Crippen LogP contribution in [0.2, 0.25) is 0 Å². The molecule has 0 aliphatic heterocycles. The van der Waals surface area contributed by atoms with Gasteiger partial charge in [0.15, 0.2) is 0 Å². The standard InChI is InChI=1S/C17H18F3N5O2S/c1-16(2,3)9-21-14(26)11-6-7-22-25(11)8-10-4-5-12(28-10)13-23-15(27-24-13)17(18,19)20/h4-7H,8-9H2,1-3H3,(H,21,26). The fourth-order valence-corrected chi connectivity index (χ4v) is 3.17. The first-order valence-electron chi connectivity index (χ1n) is 8.33. The number of carbonyl (C=O) groups is 1. The van der Waals surface area contributed by atoms with Crippen molar-refractivity contribution in [2.45, 2.75) is 33.5 Å². The summed E-state index contributed by atoms with van der Waals surface area (Å²) < 4.78 is 43.6. The van der Waals surface area contributed by atoms with Gasteiger partial charge >= 0.3 is 12.1 Å². The van der Waals surface area contributed by atoms with E-state index in [9.17, 15) is 18.0 Å². The van der Waals surface area contributed by atoms with Gasteiger partial charge in [-0.2, -0.15) is 23.3 Å². The van der Waals surface area contributed by atoms with Crippen LogP contribution in [0.5, 0.6) is 0 Å². The fourth-order valence-electron chi connectivity index (χ4n) is 2.26. The zero-order valence-electron chi connectivity index (χ0n) is 15.4. The van der Waals surface area contributed by atoms with E-state index in [0.717, 1.165) is 4.88 Å². The molecule has 1 amide bonds. The van der Waals surface area contributed by atoms with Crippen LogP contribution in [0.25, 0.3) is 10.7 Å². The molecule has 0 atom stereocenters. The minimum absolute atomic E-state index is 0.0526. The van der Waals surface area contributed by atoms with E-state index in [4.69, 9.17) is 0 Å². The van der Waals surface area contributed by atoms with Gasteiger partial charge in [-0.05, 0) is 23.6 Å². The summed E-state index contributed by atoms with van der Waals surface area (Å²) in [4.78, 5) is 17.0. The van der Waals surface area contributed by atoms with Gasteiger partial charge in [0.1, 0.15) is 5.69 Å². The van der Waals surface area contributed by atoms with Crippen molar-refractivity contribution >= 4 is 17.2 Å². The maximum atomic E-state index is 12.6. The van der Waals surface area contributed by atoms with E-state index >= 15 is 0 Å². The Hall–Kier alpha value is -2.69. The predicted octanol–water partition coefficient (Wildman–Crippen LogP) is 3.84. The maximum absolute atomic E-state index is 12.6. The second-order valence-electron chi connectivity index (χ2n) is 7.30. The van der Waals surface area contributed by atoms with Gasteiger partial charge in [0.25, 0.3) is 5.91 Å². The zero-order valence-corrected chi connectivity index (χ0v) is 16.2. The predicted molar refractivity (Wildman–Crippen MR) is 95.7 cm³/mol. The molecule has 0 saturated carbocycles. The lowest BCUT2D eigenvalue weighted by atomic mass is 9.97. The molecule has 0 saturated heterocycles. The van der Waals surface area contributed by atoms with Crippen LogP contribution in [0.3, 0.4) is 0 Å². The molecule has 0 fully saturated rings. The Morgan fingerprint density at radius 1 is 1.25 bits per heavy atom. The number of rotatable bonds is 5. The molecule has 11 heteroatoms. The number of carbonyl (C=O) groups excluding carboxylic acids is 1. The second-order valence-corrected chi connectivity index (χ2v) is 8.47. The molecule has 7 nitrogen and oxygen atoms in total. The number of alkyl halides is 3. The quantitative estimate of drug-likeness (QED) is 0.687. The number of nitrogens with one attached hydrogen (secondary N) is 1. The van der Waals surface area contributed by atoms with Crippen LogP contribution >= 0.6 is 11.3 Å². The monoisotopic (exact) mass is 413 g/mol. The van der Waals surface area contributed by atoms with Crippen LogP contribution in [0.4, 0.5) is 13.2 Å². The van der Waals surface area contributed by atoms with Gasteiger partial charge in [-0.1, -0.05) is 25.9 Å². The average molecular weight is 413 g/mol. The van der Waals surface area contributed by atoms with Crippen LogP contribution in [-0.4, -0.2) is 32.4 Å². The first-order valence-corrected chi connectivity index (χ1v) is 9.14. The Morgan fingerprint density at radius 2 is 2.00 bits per heavy atom. The molecule has 0 unspecified atom stereocenters. The van der Waals surface area contributed by atoms with E-state index in [1.807, 2.05) is 20.8 Å². The van der Waals surface area contributed by atoms with Crippen LogP contribution in [0.15, 0.2) is 28.9 Å². The van der Waals surface area contributed by atoms with Crippen LogP contribution in [0, 0.1) is 5.41 Å². The molecule has 3 aromatic heterocycles. The summed E-state index contributed by atoms with van der Waals surface area (Å²) in [6.07, 6.45) is -3.16. The first-order chi connectivity index (χ1) is 13.0. The lowest BCUT2D eigenvalue weighted by Crippen LogP contribution is -2.33. The molecule has 0 aromatic carbocycles. The highest BCUT2D eigenvalue weighted by Gasteiger charge is 2.38. The number of thiophene rings is 1. The summed E-state index contributed by atoms with van der Waals surface area (Å²) in [7, 11) is 0. The highest BCUT2D eigenvalue weighted by molar-refractivity contribution is 7.15. The summed E-state index contributed by atoms with van der Waals surface area (Å²) in [5, 5.41) is 10.4. The van der Waals surface area contributed by atoms with Crippen molar-refractivity contribution < 1.29 is 22.5 Å². The Balaban J connectivity index is 1.72. The third-order valence-electron chi connectivity index (χ3n) is 3.58. The minimum atomic E-state index is -4.68. The molecule has 3 aromatic rings. The molecule has 0 bridgehead atoms. The van der Waals surface area contributed by atoms with Crippen LogP contribution in [-0.2, 0) is 12.7 Å². The van der Waals surface area contributed by atoms with Crippen molar-refractivity contribution in [1.29, 1.82) is 0 Å². The van der Waals surface area contributed by atoms with E-state index in [2.05, 4.69) is 25.1 Å². The second kappa shape index (κ2) is 7.38. The summed E-state index contributed by atoms with van der Waals surface area (Å²) in [5.41, 5.74) is 0.348. The van der Waals surface area contributed by atoms with E-state index in [1.54, 1.807) is 18.2 Å². The van der Waals surface area contributed by atoms with Crippen LogP contribution in [0.1, 0.15) is 42.0 Å². The highest BCUT2D eigenvalue weighted by Crippen LogP contribution is 2.32. The normalized spacial score (nSPS) is 12.4. The molecular formula is C17H18F3N5O2S. The Morgan fingerprint density at radius 3 is 2.64 bits per heavy atom. The van der Waals surface area contributed by atoms with Crippen LogP contribution < -0.4 is 5.32 Å². The summed E-state index contributed by atoms with van der Waals surface area (Å²) in [6, 6.07) is 4.94. The SMILES string of the molecule is CC(C)(C)CNC(=O)c1ccnn1Cc1ccc(-c2noc(C(F)(F)F)n2)s1. The van der Waals surface area contributed by atoms with Gasteiger partial charge in [0.05, 0.1) is 11.4 Å². The molecule has 28 heavy (non-hydrogen) atoms.